The molecule has 1 aliphatic carbocycles. The Hall–Kier alpha value is -1.67. The molecule has 0 aromatic carbocycles. The normalized spacial score (nSPS) is 20.5. The lowest BCUT2D eigenvalue weighted by atomic mass is 9.85. The van der Waals surface area contributed by atoms with Crippen molar-refractivity contribution in [3.05, 3.63) is 22.4 Å². The van der Waals surface area contributed by atoms with Gasteiger partial charge in [0.2, 0.25) is 5.95 Å². The van der Waals surface area contributed by atoms with Crippen molar-refractivity contribution in [2.24, 2.45) is 16.1 Å². The minimum atomic E-state index is -0.110. The molecule has 0 unspecified atom stereocenters. The van der Waals surface area contributed by atoms with Crippen LogP contribution in [-0.4, -0.2) is 41.6 Å². The SMILES string of the molecule is CCNc1nc(NC(C=C(N)C2(C)COC2)=NC2CC2)ncc1Br. The summed E-state index contributed by atoms with van der Waals surface area (Å²) in [5.74, 6) is 1.94. The Kier molecular flexibility index (Phi) is 5.05. The van der Waals surface area contributed by atoms with Gasteiger partial charge in [-0.05, 0) is 48.7 Å². The predicted octanol–water partition coefficient (Wildman–Crippen LogP) is 2.52. The van der Waals surface area contributed by atoms with Crippen LogP contribution in [0.15, 0.2) is 27.4 Å². The van der Waals surface area contributed by atoms with Gasteiger partial charge in [0.05, 0.1) is 29.1 Å². The van der Waals surface area contributed by atoms with Gasteiger partial charge in [0.25, 0.3) is 0 Å². The molecule has 0 bridgehead atoms. The number of aromatic nitrogens is 2. The van der Waals surface area contributed by atoms with Crippen molar-refractivity contribution in [1.82, 2.24) is 9.97 Å². The highest BCUT2D eigenvalue weighted by Crippen LogP contribution is 2.32. The summed E-state index contributed by atoms with van der Waals surface area (Å²) >= 11 is 3.44. The third kappa shape index (κ3) is 4.05. The Balaban J connectivity index is 1.80. The molecule has 2 heterocycles. The smallest absolute Gasteiger partial charge is 0.230 e. The molecule has 8 heteroatoms. The van der Waals surface area contributed by atoms with Crippen LogP contribution in [0.1, 0.15) is 26.7 Å². The molecule has 24 heavy (non-hydrogen) atoms. The fourth-order valence-corrected chi connectivity index (χ4v) is 2.57. The molecular weight excluding hydrogens is 372 g/mol. The molecule has 1 aliphatic heterocycles. The minimum Gasteiger partial charge on any atom is -0.401 e. The van der Waals surface area contributed by atoms with Crippen LogP contribution in [0, 0.1) is 5.41 Å². The van der Waals surface area contributed by atoms with Crippen LogP contribution in [0.3, 0.4) is 0 Å². The van der Waals surface area contributed by atoms with E-state index in [0.717, 1.165) is 35.4 Å². The number of nitrogens with zero attached hydrogens (tertiary/aromatic N) is 3. The number of nitrogens with two attached hydrogens (primary N) is 1. The Labute approximate surface area is 150 Å². The highest BCUT2D eigenvalue weighted by atomic mass is 79.9. The van der Waals surface area contributed by atoms with Gasteiger partial charge in [-0.25, -0.2) is 4.98 Å². The molecule has 7 nitrogen and oxygen atoms in total. The van der Waals surface area contributed by atoms with E-state index in [-0.39, 0.29) is 5.41 Å². The number of rotatable bonds is 6. The van der Waals surface area contributed by atoms with Crippen molar-refractivity contribution in [3.63, 3.8) is 0 Å². The van der Waals surface area contributed by atoms with Gasteiger partial charge >= 0.3 is 0 Å². The fraction of sp³-hybridized carbons (Fsp3) is 0.562. The second-order valence-corrected chi connectivity index (χ2v) is 7.30. The number of hydrogen-bond acceptors (Lipinski definition) is 6. The van der Waals surface area contributed by atoms with Crippen molar-refractivity contribution in [3.8, 4) is 0 Å². The molecule has 1 saturated carbocycles. The second kappa shape index (κ2) is 7.06. The minimum absolute atomic E-state index is 0.110. The summed E-state index contributed by atoms with van der Waals surface area (Å²) in [5, 5.41) is 6.39. The van der Waals surface area contributed by atoms with Crippen LogP contribution in [0.25, 0.3) is 0 Å². The Morgan fingerprint density at radius 1 is 1.54 bits per heavy atom. The second-order valence-electron chi connectivity index (χ2n) is 6.44. The zero-order valence-corrected chi connectivity index (χ0v) is 15.6. The van der Waals surface area contributed by atoms with Crippen molar-refractivity contribution >= 4 is 33.5 Å². The summed E-state index contributed by atoms with van der Waals surface area (Å²) in [5.41, 5.74) is 6.92. The summed E-state index contributed by atoms with van der Waals surface area (Å²) in [6.45, 7) is 6.18. The van der Waals surface area contributed by atoms with E-state index in [0.29, 0.717) is 31.0 Å². The molecule has 3 rings (SSSR count). The maximum Gasteiger partial charge on any atom is 0.230 e. The highest BCUT2D eigenvalue weighted by molar-refractivity contribution is 9.10. The Bertz CT molecular complexity index is 667. The van der Waals surface area contributed by atoms with Crippen LogP contribution in [-0.2, 0) is 4.74 Å². The van der Waals surface area contributed by atoms with E-state index in [4.69, 9.17) is 10.5 Å². The van der Waals surface area contributed by atoms with Crippen LogP contribution < -0.4 is 16.4 Å². The van der Waals surface area contributed by atoms with Crippen molar-refractivity contribution in [1.29, 1.82) is 0 Å². The molecule has 130 valence electrons. The average Bonchev–Trinajstić information content (AvgIpc) is 3.32. The van der Waals surface area contributed by atoms with E-state index in [1.807, 2.05) is 13.0 Å². The third-order valence-electron chi connectivity index (χ3n) is 4.03. The predicted molar refractivity (Wildman–Crippen MR) is 99.2 cm³/mol. The van der Waals surface area contributed by atoms with Crippen LogP contribution in [0.4, 0.5) is 11.8 Å². The van der Waals surface area contributed by atoms with Gasteiger partial charge in [-0.3, -0.25) is 4.99 Å². The zero-order chi connectivity index (χ0) is 17.2. The molecule has 0 atom stereocenters. The van der Waals surface area contributed by atoms with Crippen LogP contribution in [0.5, 0.6) is 0 Å². The molecule has 4 N–H and O–H groups in total. The molecule has 2 aliphatic rings. The quantitative estimate of drug-likeness (QED) is 0.506. The topological polar surface area (TPSA) is 97.5 Å². The first-order valence-corrected chi connectivity index (χ1v) is 8.96. The number of hydrogen-bond donors (Lipinski definition) is 3. The van der Waals surface area contributed by atoms with E-state index in [1.54, 1.807) is 6.20 Å². The Morgan fingerprint density at radius 2 is 2.29 bits per heavy atom. The standard InChI is InChI=1S/C16H23BrN6O/c1-3-19-14-11(17)7-20-15(23-14)22-13(21-10-4-5-10)6-12(18)16(2)8-24-9-16/h6-7,10H,3-5,8-9,18H2,1-2H3,(H2,19,20,21,22,23). The number of halogens is 1. The van der Waals surface area contributed by atoms with Gasteiger partial charge in [0.15, 0.2) is 0 Å². The van der Waals surface area contributed by atoms with Gasteiger partial charge in [-0.15, -0.1) is 0 Å². The number of anilines is 2. The summed E-state index contributed by atoms with van der Waals surface area (Å²) in [6.07, 6.45) is 5.83. The van der Waals surface area contributed by atoms with Crippen molar-refractivity contribution < 1.29 is 4.74 Å². The molecule has 1 aromatic heterocycles. The summed E-state index contributed by atoms with van der Waals surface area (Å²) in [4.78, 5) is 13.5. The largest absolute Gasteiger partial charge is 0.401 e. The van der Waals surface area contributed by atoms with Crippen LogP contribution in [0.2, 0.25) is 0 Å². The first-order chi connectivity index (χ1) is 11.5. The molecule has 0 amide bonds. The lowest BCUT2D eigenvalue weighted by Gasteiger charge is -2.38. The fourth-order valence-electron chi connectivity index (χ4n) is 2.24. The van der Waals surface area contributed by atoms with E-state index in [9.17, 15) is 0 Å². The van der Waals surface area contributed by atoms with Gasteiger partial charge in [-0.2, -0.15) is 4.98 Å². The van der Waals surface area contributed by atoms with E-state index < -0.39 is 0 Å². The van der Waals surface area contributed by atoms with Gasteiger partial charge in [0.1, 0.15) is 11.7 Å². The van der Waals surface area contributed by atoms with Crippen LogP contribution >= 0.6 is 15.9 Å². The molecule has 1 aromatic rings. The zero-order valence-electron chi connectivity index (χ0n) is 14.0. The van der Waals surface area contributed by atoms with Gasteiger partial charge in [-0.1, -0.05) is 0 Å². The van der Waals surface area contributed by atoms with E-state index >= 15 is 0 Å². The number of ether oxygens (including phenoxy) is 1. The lowest BCUT2D eigenvalue weighted by molar-refractivity contribution is -0.0784. The number of nitrogens with one attached hydrogen (secondary N) is 2. The first-order valence-electron chi connectivity index (χ1n) is 8.17. The maximum atomic E-state index is 6.27. The number of aliphatic imine (C=N–C) groups is 1. The van der Waals surface area contributed by atoms with Gasteiger partial charge in [0, 0.05) is 18.4 Å². The summed E-state index contributed by atoms with van der Waals surface area (Å²) in [6, 6.07) is 0.366. The van der Waals surface area contributed by atoms with Gasteiger partial charge < -0.3 is 21.1 Å². The van der Waals surface area contributed by atoms with Crippen molar-refractivity contribution in [2.75, 3.05) is 30.4 Å². The molecular formula is C16H23BrN6O. The highest BCUT2D eigenvalue weighted by Gasteiger charge is 2.36. The van der Waals surface area contributed by atoms with E-state index in [1.165, 1.54) is 0 Å². The summed E-state index contributed by atoms with van der Waals surface area (Å²) < 4.78 is 6.11. The Morgan fingerprint density at radius 3 is 2.88 bits per heavy atom. The third-order valence-corrected chi connectivity index (χ3v) is 4.61. The van der Waals surface area contributed by atoms with Crippen molar-refractivity contribution in [2.45, 2.75) is 32.7 Å². The molecule has 0 radical (unpaired) electrons. The molecule has 1 saturated heterocycles. The average molecular weight is 395 g/mol. The first kappa shape index (κ1) is 17.2. The summed E-state index contributed by atoms with van der Waals surface area (Å²) in [7, 11) is 0. The molecule has 2 fully saturated rings. The monoisotopic (exact) mass is 394 g/mol. The maximum absolute atomic E-state index is 6.27. The lowest BCUT2D eigenvalue weighted by Crippen LogP contribution is -2.44. The van der Waals surface area contributed by atoms with E-state index in [2.05, 4.69) is 48.4 Å². The molecule has 0 spiro atoms. The number of amidine groups is 1.